The Morgan fingerprint density at radius 1 is 0.255 bits per heavy atom. The molecule has 0 saturated heterocycles. The summed E-state index contributed by atoms with van der Waals surface area (Å²) in [6.45, 7) is 0. The summed E-state index contributed by atoms with van der Waals surface area (Å²) in [5, 5.41) is 7.83. The minimum Gasteiger partial charge on any atom is -0.0619 e. The molecule has 10 aromatic carbocycles. The second kappa shape index (κ2) is 10.6. The van der Waals surface area contributed by atoms with E-state index >= 15 is 0 Å². The first kappa shape index (κ1) is 29.4. The van der Waals surface area contributed by atoms with E-state index in [4.69, 9.17) is 0 Å². The molecule has 10 aromatic rings. The first-order valence-electron chi connectivity index (χ1n) is 19.3. The standard InChI is InChI=1S/C55H32/c1-2-13-36-31-51-48(30-35(36)12-1)54-45-19-6-5-16-40(45)47(32-52(54)55(51)49-22-9-7-17-41(49)42-18-8-10-23-50(42)55)34-26-24-33(25-27-34)37-28-29-46-39-15-4-3-14-38(39)44-21-11-20-43(37)53(44)46/h1-32H. The maximum Gasteiger partial charge on any atom is 0.0726 e. The van der Waals surface area contributed by atoms with E-state index in [0.717, 1.165) is 0 Å². The number of benzene rings is 10. The van der Waals surface area contributed by atoms with Crippen molar-refractivity contribution in [3.05, 3.63) is 216 Å². The molecule has 0 amide bonds. The van der Waals surface area contributed by atoms with Gasteiger partial charge >= 0.3 is 0 Å². The molecule has 13 rings (SSSR count). The van der Waals surface area contributed by atoms with E-state index in [1.54, 1.807) is 0 Å². The van der Waals surface area contributed by atoms with Gasteiger partial charge in [-0.3, -0.25) is 0 Å². The summed E-state index contributed by atoms with van der Waals surface area (Å²) in [5.41, 5.74) is 20.8. The molecule has 0 bridgehead atoms. The molecular weight excluding hydrogens is 661 g/mol. The number of fused-ring (bicyclic) bond motifs is 16. The van der Waals surface area contributed by atoms with E-state index in [0.29, 0.717) is 0 Å². The molecule has 3 aliphatic rings. The number of hydrogen-bond acceptors (Lipinski definition) is 0. The molecule has 0 aromatic heterocycles. The molecule has 0 radical (unpaired) electrons. The maximum atomic E-state index is 2.55. The Morgan fingerprint density at radius 2 is 0.764 bits per heavy atom. The Hall–Kier alpha value is -7.02. The molecule has 0 aliphatic heterocycles. The minimum atomic E-state index is -0.428. The van der Waals surface area contributed by atoms with Crippen molar-refractivity contribution in [1.82, 2.24) is 0 Å². The molecular formula is C55H32. The van der Waals surface area contributed by atoms with Crippen LogP contribution in [0.25, 0.3) is 99.1 Å². The molecule has 3 aliphatic carbocycles. The third-order valence-electron chi connectivity index (χ3n) is 13.0. The van der Waals surface area contributed by atoms with Crippen molar-refractivity contribution < 1.29 is 0 Å². The topological polar surface area (TPSA) is 0 Å². The summed E-state index contributed by atoms with van der Waals surface area (Å²) in [6.07, 6.45) is 0. The van der Waals surface area contributed by atoms with Gasteiger partial charge in [-0.2, -0.15) is 0 Å². The van der Waals surface area contributed by atoms with Gasteiger partial charge in [0, 0.05) is 0 Å². The fourth-order valence-electron chi connectivity index (χ4n) is 10.8. The Labute approximate surface area is 319 Å². The fourth-order valence-corrected chi connectivity index (χ4v) is 10.8. The molecule has 0 unspecified atom stereocenters. The summed E-state index contributed by atoms with van der Waals surface area (Å²) >= 11 is 0. The van der Waals surface area contributed by atoms with Crippen LogP contribution in [0.15, 0.2) is 194 Å². The normalized spacial score (nSPS) is 13.6. The van der Waals surface area contributed by atoms with Crippen molar-refractivity contribution in [2.45, 2.75) is 5.41 Å². The zero-order valence-corrected chi connectivity index (χ0v) is 30.0. The van der Waals surface area contributed by atoms with Crippen molar-refractivity contribution in [3.63, 3.8) is 0 Å². The zero-order chi connectivity index (χ0) is 35.8. The third kappa shape index (κ3) is 3.67. The quantitative estimate of drug-likeness (QED) is 0.169. The van der Waals surface area contributed by atoms with E-state index in [1.807, 2.05) is 0 Å². The molecule has 252 valence electrons. The van der Waals surface area contributed by atoms with Crippen molar-refractivity contribution in [3.8, 4) is 66.8 Å². The van der Waals surface area contributed by atoms with Crippen LogP contribution >= 0.6 is 0 Å². The molecule has 0 saturated carbocycles. The van der Waals surface area contributed by atoms with E-state index in [-0.39, 0.29) is 0 Å². The summed E-state index contributed by atoms with van der Waals surface area (Å²) < 4.78 is 0. The van der Waals surface area contributed by atoms with Gasteiger partial charge in [-0.1, -0.05) is 176 Å². The van der Waals surface area contributed by atoms with Crippen LogP contribution in [-0.2, 0) is 5.41 Å². The fraction of sp³-hybridized carbons (Fsp3) is 0.0182. The predicted molar refractivity (Wildman–Crippen MR) is 231 cm³/mol. The largest absolute Gasteiger partial charge is 0.0726 e. The van der Waals surface area contributed by atoms with Crippen molar-refractivity contribution in [2.24, 2.45) is 0 Å². The van der Waals surface area contributed by atoms with E-state index in [2.05, 4.69) is 194 Å². The lowest BCUT2D eigenvalue weighted by atomic mass is 9.69. The second-order valence-corrected chi connectivity index (χ2v) is 15.5. The van der Waals surface area contributed by atoms with Gasteiger partial charge in [0.05, 0.1) is 5.41 Å². The smallest absolute Gasteiger partial charge is 0.0619 e. The lowest BCUT2D eigenvalue weighted by Gasteiger charge is -2.31. The van der Waals surface area contributed by atoms with Crippen LogP contribution in [0, 0.1) is 0 Å². The number of hydrogen-bond donors (Lipinski definition) is 0. The zero-order valence-electron chi connectivity index (χ0n) is 30.0. The number of rotatable bonds is 2. The van der Waals surface area contributed by atoms with Gasteiger partial charge in [0.25, 0.3) is 0 Å². The van der Waals surface area contributed by atoms with E-state index < -0.39 is 5.41 Å². The molecule has 55 heavy (non-hydrogen) atoms. The molecule has 0 heteroatoms. The highest BCUT2D eigenvalue weighted by molar-refractivity contribution is 6.19. The predicted octanol–water partition coefficient (Wildman–Crippen LogP) is 14.5. The first-order valence-corrected chi connectivity index (χ1v) is 19.3. The monoisotopic (exact) mass is 692 g/mol. The highest BCUT2D eigenvalue weighted by atomic mass is 14.5. The van der Waals surface area contributed by atoms with Gasteiger partial charge in [-0.25, -0.2) is 0 Å². The summed E-state index contributed by atoms with van der Waals surface area (Å²) in [6, 6.07) is 73.3. The third-order valence-corrected chi connectivity index (χ3v) is 13.0. The van der Waals surface area contributed by atoms with Gasteiger partial charge in [-0.05, 0) is 140 Å². The second-order valence-electron chi connectivity index (χ2n) is 15.5. The molecule has 0 nitrogen and oxygen atoms in total. The lowest BCUT2D eigenvalue weighted by molar-refractivity contribution is 0.796. The van der Waals surface area contributed by atoms with E-state index in [9.17, 15) is 0 Å². The molecule has 1 spiro atoms. The van der Waals surface area contributed by atoms with Gasteiger partial charge < -0.3 is 0 Å². The average molecular weight is 693 g/mol. The van der Waals surface area contributed by atoms with Crippen molar-refractivity contribution in [2.75, 3.05) is 0 Å². The van der Waals surface area contributed by atoms with Crippen LogP contribution in [0.5, 0.6) is 0 Å². The Bertz CT molecular complexity index is 3230. The maximum absolute atomic E-state index is 2.55. The minimum absolute atomic E-state index is 0.428. The van der Waals surface area contributed by atoms with Crippen LogP contribution in [0.3, 0.4) is 0 Å². The Morgan fingerprint density at radius 3 is 1.47 bits per heavy atom. The van der Waals surface area contributed by atoms with E-state index in [1.165, 1.54) is 121 Å². The molecule has 0 N–H and O–H groups in total. The van der Waals surface area contributed by atoms with Crippen LogP contribution in [-0.4, -0.2) is 0 Å². The molecule has 0 heterocycles. The molecule has 0 atom stereocenters. The van der Waals surface area contributed by atoms with Gasteiger partial charge in [0.1, 0.15) is 0 Å². The summed E-state index contributed by atoms with van der Waals surface area (Å²) in [5.74, 6) is 0. The van der Waals surface area contributed by atoms with Gasteiger partial charge in [0.2, 0.25) is 0 Å². The van der Waals surface area contributed by atoms with Crippen molar-refractivity contribution >= 4 is 32.3 Å². The Kier molecular flexibility index (Phi) is 5.65. The average Bonchev–Trinajstić information content (AvgIpc) is 3.85. The lowest BCUT2D eigenvalue weighted by Crippen LogP contribution is -2.26. The SMILES string of the molecule is c1ccc2c(c1)-c1cccc3c(-c4ccc(-c5cc6c(c7ccccc57)-c5cc7ccccc7cc5C65c6ccccc6-c6ccccc65)cc4)ccc-2c13. The van der Waals surface area contributed by atoms with Crippen LogP contribution in [0.2, 0.25) is 0 Å². The van der Waals surface area contributed by atoms with Gasteiger partial charge in [-0.15, -0.1) is 0 Å². The highest BCUT2D eigenvalue weighted by Gasteiger charge is 2.52. The Balaban J connectivity index is 1.06. The first-order chi connectivity index (χ1) is 27.3. The van der Waals surface area contributed by atoms with Crippen molar-refractivity contribution in [1.29, 1.82) is 0 Å². The summed E-state index contributed by atoms with van der Waals surface area (Å²) in [7, 11) is 0. The van der Waals surface area contributed by atoms with Crippen LogP contribution in [0.4, 0.5) is 0 Å². The van der Waals surface area contributed by atoms with Crippen LogP contribution < -0.4 is 0 Å². The van der Waals surface area contributed by atoms with Gasteiger partial charge in [0.15, 0.2) is 0 Å². The van der Waals surface area contributed by atoms with Crippen LogP contribution in [0.1, 0.15) is 22.3 Å². The molecule has 0 fully saturated rings. The highest BCUT2D eigenvalue weighted by Crippen LogP contribution is 2.65. The summed E-state index contributed by atoms with van der Waals surface area (Å²) in [4.78, 5) is 0.